The molecule has 1 aliphatic rings. The molecule has 2 heterocycles. The third kappa shape index (κ3) is 2.07. The molecule has 4 nitrogen and oxygen atoms in total. The van der Waals surface area contributed by atoms with E-state index >= 15 is 0 Å². The lowest BCUT2D eigenvalue weighted by atomic mass is 10.1. The fraction of sp³-hybridized carbons (Fsp3) is 0.636. The Morgan fingerprint density at radius 1 is 1.53 bits per heavy atom. The van der Waals surface area contributed by atoms with Crippen LogP contribution in [0.1, 0.15) is 17.6 Å². The molecule has 0 aromatic carbocycles. The van der Waals surface area contributed by atoms with Crippen LogP contribution >= 0.6 is 0 Å². The highest BCUT2D eigenvalue weighted by Crippen LogP contribution is 2.28. The molecular formula is C11H18N2O2. The van der Waals surface area contributed by atoms with Gasteiger partial charge in [-0.25, -0.2) is 0 Å². The first-order valence-electron chi connectivity index (χ1n) is 5.30. The lowest BCUT2D eigenvalue weighted by molar-refractivity contribution is -0.0641. The number of nitrogens with zero attached hydrogens (tertiary/aromatic N) is 1. The molecule has 15 heavy (non-hydrogen) atoms. The molecule has 1 fully saturated rings. The van der Waals surface area contributed by atoms with Gasteiger partial charge in [0.1, 0.15) is 11.5 Å². The summed E-state index contributed by atoms with van der Waals surface area (Å²) in [5.74, 6) is 1.88. The molecule has 0 amide bonds. The van der Waals surface area contributed by atoms with E-state index in [9.17, 15) is 0 Å². The van der Waals surface area contributed by atoms with Crippen LogP contribution in [0.3, 0.4) is 0 Å². The summed E-state index contributed by atoms with van der Waals surface area (Å²) in [7, 11) is 2.08. The summed E-state index contributed by atoms with van der Waals surface area (Å²) < 4.78 is 11.3. The molecule has 84 valence electrons. The topological polar surface area (TPSA) is 51.6 Å². The number of rotatable bonds is 2. The second-order valence-electron chi connectivity index (χ2n) is 4.02. The molecule has 0 aliphatic carbocycles. The SMILES string of the molecule is Cc1ccc(C2C(CN)OCCN2C)o1. The minimum atomic E-state index is 0.0364. The van der Waals surface area contributed by atoms with Gasteiger partial charge >= 0.3 is 0 Å². The normalized spacial score (nSPS) is 28.2. The standard InChI is InChI=1S/C11H18N2O2/c1-8-3-4-9(15-8)11-10(7-12)14-6-5-13(11)2/h3-4,10-11H,5-7,12H2,1-2H3. The Balaban J connectivity index is 2.22. The van der Waals surface area contributed by atoms with Crippen LogP contribution in [0.25, 0.3) is 0 Å². The molecule has 2 rings (SSSR count). The molecule has 0 spiro atoms. The van der Waals surface area contributed by atoms with Crippen molar-refractivity contribution in [2.75, 3.05) is 26.7 Å². The van der Waals surface area contributed by atoms with Crippen molar-refractivity contribution in [2.24, 2.45) is 5.73 Å². The van der Waals surface area contributed by atoms with Gasteiger partial charge in [-0.3, -0.25) is 4.90 Å². The summed E-state index contributed by atoms with van der Waals surface area (Å²) in [6.45, 7) is 4.13. The van der Waals surface area contributed by atoms with E-state index in [4.69, 9.17) is 14.9 Å². The van der Waals surface area contributed by atoms with Crippen molar-refractivity contribution in [2.45, 2.75) is 19.1 Å². The molecular weight excluding hydrogens is 192 g/mol. The van der Waals surface area contributed by atoms with E-state index < -0.39 is 0 Å². The van der Waals surface area contributed by atoms with Gasteiger partial charge in [0.15, 0.2) is 0 Å². The van der Waals surface area contributed by atoms with Crippen LogP contribution in [0.15, 0.2) is 16.5 Å². The number of ether oxygens (including phenoxy) is 1. The monoisotopic (exact) mass is 210 g/mol. The minimum absolute atomic E-state index is 0.0364. The summed E-state index contributed by atoms with van der Waals surface area (Å²) >= 11 is 0. The van der Waals surface area contributed by atoms with Gasteiger partial charge in [-0.1, -0.05) is 0 Å². The minimum Gasteiger partial charge on any atom is -0.465 e. The molecule has 4 heteroatoms. The van der Waals surface area contributed by atoms with Crippen LogP contribution in [-0.2, 0) is 4.74 Å². The quantitative estimate of drug-likeness (QED) is 0.788. The Kier molecular flexibility index (Phi) is 3.09. The first kappa shape index (κ1) is 10.7. The number of furan rings is 1. The van der Waals surface area contributed by atoms with Gasteiger partial charge in [-0.2, -0.15) is 0 Å². The molecule has 2 N–H and O–H groups in total. The van der Waals surface area contributed by atoms with E-state index in [1.165, 1.54) is 0 Å². The molecule has 2 unspecified atom stereocenters. The summed E-state index contributed by atoms with van der Waals surface area (Å²) in [5.41, 5.74) is 5.71. The van der Waals surface area contributed by atoms with Crippen LogP contribution in [0.2, 0.25) is 0 Å². The van der Waals surface area contributed by atoms with Crippen molar-refractivity contribution >= 4 is 0 Å². The predicted octanol–water partition coefficient (Wildman–Crippen LogP) is 0.918. The van der Waals surface area contributed by atoms with Gasteiger partial charge in [0.2, 0.25) is 0 Å². The first-order chi connectivity index (χ1) is 7.22. The average Bonchev–Trinajstić information content (AvgIpc) is 2.64. The zero-order valence-corrected chi connectivity index (χ0v) is 9.27. The van der Waals surface area contributed by atoms with Crippen molar-refractivity contribution in [3.8, 4) is 0 Å². The Hall–Kier alpha value is -0.840. The van der Waals surface area contributed by atoms with Crippen molar-refractivity contribution in [3.05, 3.63) is 23.7 Å². The van der Waals surface area contributed by atoms with E-state index in [-0.39, 0.29) is 12.1 Å². The zero-order chi connectivity index (χ0) is 10.8. The van der Waals surface area contributed by atoms with E-state index in [1.807, 2.05) is 19.1 Å². The maximum Gasteiger partial charge on any atom is 0.124 e. The second-order valence-corrected chi connectivity index (χ2v) is 4.02. The molecule has 0 radical (unpaired) electrons. The largest absolute Gasteiger partial charge is 0.465 e. The van der Waals surface area contributed by atoms with E-state index in [0.717, 1.165) is 24.7 Å². The smallest absolute Gasteiger partial charge is 0.124 e. The van der Waals surface area contributed by atoms with Crippen LogP contribution in [0, 0.1) is 6.92 Å². The maximum atomic E-state index is 5.71. The molecule has 1 aliphatic heterocycles. The fourth-order valence-electron chi connectivity index (χ4n) is 2.07. The molecule has 0 saturated carbocycles. The molecule has 1 aromatic heterocycles. The van der Waals surface area contributed by atoms with Gasteiger partial charge in [0, 0.05) is 13.1 Å². The third-order valence-electron chi connectivity index (χ3n) is 2.89. The Labute approximate surface area is 90.0 Å². The van der Waals surface area contributed by atoms with Crippen LogP contribution in [0.5, 0.6) is 0 Å². The van der Waals surface area contributed by atoms with Crippen molar-refractivity contribution in [3.63, 3.8) is 0 Å². The highest BCUT2D eigenvalue weighted by atomic mass is 16.5. The Bertz CT molecular complexity index is 324. The van der Waals surface area contributed by atoms with Gasteiger partial charge in [0.25, 0.3) is 0 Å². The fourth-order valence-corrected chi connectivity index (χ4v) is 2.07. The molecule has 1 aromatic rings. The first-order valence-corrected chi connectivity index (χ1v) is 5.30. The second kappa shape index (κ2) is 4.35. The van der Waals surface area contributed by atoms with E-state index in [2.05, 4.69) is 11.9 Å². The number of aryl methyl sites for hydroxylation is 1. The van der Waals surface area contributed by atoms with E-state index in [1.54, 1.807) is 0 Å². The van der Waals surface area contributed by atoms with Crippen molar-refractivity contribution in [1.82, 2.24) is 4.90 Å². The van der Waals surface area contributed by atoms with Gasteiger partial charge < -0.3 is 14.9 Å². The maximum absolute atomic E-state index is 5.71. The number of likely N-dealkylation sites (N-methyl/N-ethyl adjacent to an activating group) is 1. The summed E-state index contributed by atoms with van der Waals surface area (Å²) in [6.07, 6.45) is 0.0364. The summed E-state index contributed by atoms with van der Waals surface area (Å²) in [5, 5.41) is 0. The number of hydrogen-bond donors (Lipinski definition) is 1. The Morgan fingerprint density at radius 2 is 2.33 bits per heavy atom. The highest BCUT2D eigenvalue weighted by molar-refractivity contribution is 5.12. The molecule has 1 saturated heterocycles. The number of morpholine rings is 1. The zero-order valence-electron chi connectivity index (χ0n) is 9.27. The Morgan fingerprint density at radius 3 is 2.93 bits per heavy atom. The summed E-state index contributed by atoms with van der Waals surface area (Å²) in [6, 6.07) is 4.14. The van der Waals surface area contributed by atoms with Gasteiger partial charge in [0.05, 0.1) is 18.8 Å². The van der Waals surface area contributed by atoms with Crippen molar-refractivity contribution < 1.29 is 9.15 Å². The lowest BCUT2D eigenvalue weighted by Crippen LogP contribution is -2.46. The average molecular weight is 210 g/mol. The van der Waals surface area contributed by atoms with Crippen LogP contribution in [-0.4, -0.2) is 37.7 Å². The van der Waals surface area contributed by atoms with Gasteiger partial charge in [-0.15, -0.1) is 0 Å². The number of hydrogen-bond acceptors (Lipinski definition) is 4. The third-order valence-corrected chi connectivity index (χ3v) is 2.89. The molecule has 2 atom stereocenters. The van der Waals surface area contributed by atoms with E-state index in [0.29, 0.717) is 6.54 Å². The highest BCUT2D eigenvalue weighted by Gasteiger charge is 2.32. The lowest BCUT2D eigenvalue weighted by Gasteiger charge is -2.37. The van der Waals surface area contributed by atoms with Crippen LogP contribution in [0.4, 0.5) is 0 Å². The van der Waals surface area contributed by atoms with Crippen LogP contribution < -0.4 is 5.73 Å². The molecule has 0 bridgehead atoms. The van der Waals surface area contributed by atoms with Crippen molar-refractivity contribution in [1.29, 1.82) is 0 Å². The van der Waals surface area contributed by atoms with Gasteiger partial charge in [-0.05, 0) is 26.1 Å². The number of nitrogens with two attached hydrogens (primary N) is 1. The summed E-state index contributed by atoms with van der Waals surface area (Å²) in [4.78, 5) is 2.24. The predicted molar refractivity (Wildman–Crippen MR) is 57.6 cm³/mol.